The fraction of sp³-hybridized carbons (Fsp3) is 0.345. The number of likely N-dealkylation sites (tertiary alicyclic amines) is 1. The molecule has 0 atom stereocenters. The van der Waals surface area contributed by atoms with E-state index in [2.05, 4.69) is 40.5 Å². The normalized spacial score (nSPS) is 14.6. The molecule has 0 bridgehead atoms. The minimum atomic E-state index is -0.117. The molecule has 3 aromatic rings. The van der Waals surface area contributed by atoms with Crippen LogP contribution in [0.1, 0.15) is 30.4 Å². The zero-order chi connectivity index (χ0) is 24.5. The van der Waals surface area contributed by atoms with E-state index in [9.17, 15) is 4.79 Å². The fourth-order valence-electron chi connectivity index (χ4n) is 4.69. The standard InChI is InChI=1S/C29H33Cl2N3O/c30-26-10-12-28(13-11-26)32-29(35)34(22-25-8-4-9-27(31)21-25)17-5-16-33-18-14-24(15-19-33)20-23-6-2-1-3-7-23/h1-4,6-13,21,24H,5,14-20,22H2,(H,32,35). The van der Waals surface area contributed by atoms with Crippen molar-refractivity contribution in [2.45, 2.75) is 32.2 Å². The zero-order valence-corrected chi connectivity index (χ0v) is 21.5. The average Bonchev–Trinajstić information content (AvgIpc) is 2.86. The van der Waals surface area contributed by atoms with Gasteiger partial charge in [-0.05, 0) is 98.8 Å². The summed E-state index contributed by atoms with van der Waals surface area (Å²) >= 11 is 12.2. The number of rotatable bonds is 9. The molecule has 0 aromatic heterocycles. The lowest BCUT2D eigenvalue weighted by atomic mass is 9.90. The van der Waals surface area contributed by atoms with E-state index < -0.39 is 0 Å². The number of urea groups is 1. The van der Waals surface area contributed by atoms with Crippen molar-refractivity contribution in [2.24, 2.45) is 5.92 Å². The average molecular weight is 511 g/mol. The molecule has 3 aromatic carbocycles. The minimum Gasteiger partial charge on any atom is -0.320 e. The number of amides is 2. The second-order valence-electron chi connectivity index (χ2n) is 9.32. The lowest BCUT2D eigenvalue weighted by Gasteiger charge is -2.32. The van der Waals surface area contributed by atoms with Gasteiger partial charge in [-0.15, -0.1) is 0 Å². The number of carbonyl (C=O) groups excluding carboxylic acids is 1. The van der Waals surface area contributed by atoms with E-state index in [1.54, 1.807) is 12.1 Å². The molecule has 0 saturated carbocycles. The third-order valence-electron chi connectivity index (χ3n) is 6.62. The van der Waals surface area contributed by atoms with Crippen molar-refractivity contribution in [2.75, 3.05) is 31.5 Å². The van der Waals surface area contributed by atoms with Gasteiger partial charge in [0.2, 0.25) is 0 Å². The molecule has 35 heavy (non-hydrogen) atoms. The first-order valence-electron chi connectivity index (χ1n) is 12.4. The number of hydrogen-bond acceptors (Lipinski definition) is 2. The lowest BCUT2D eigenvalue weighted by Crippen LogP contribution is -2.39. The summed E-state index contributed by atoms with van der Waals surface area (Å²) in [7, 11) is 0. The Morgan fingerprint density at radius 1 is 0.886 bits per heavy atom. The Bertz CT molecular complexity index is 1070. The maximum Gasteiger partial charge on any atom is 0.322 e. The van der Waals surface area contributed by atoms with Crippen molar-refractivity contribution in [3.63, 3.8) is 0 Å². The van der Waals surface area contributed by atoms with Gasteiger partial charge in [0.1, 0.15) is 0 Å². The molecule has 1 aliphatic heterocycles. The molecule has 1 N–H and O–H groups in total. The lowest BCUT2D eigenvalue weighted by molar-refractivity contribution is 0.170. The molecule has 0 unspecified atom stereocenters. The van der Waals surface area contributed by atoms with E-state index in [4.69, 9.17) is 23.2 Å². The molecule has 0 spiro atoms. The number of benzene rings is 3. The van der Waals surface area contributed by atoms with Gasteiger partial charge in [-0.3, -0.25) is 0 Å². The Morgan fingerprint density at radius 2 is 1.60 bits per heavy atom. The Labute approximate surface area is 218 Å². The van der Waals surface area contributed by atoms with Crippen LogP contribution in [0.2, 0.25) is 10.0 Å². The van der Waals surface area contributed by atoms with Crippen molar-refractivity contribution in [1.82, 2.24) is 9.80 Å². The summed E-state index contributed by atoms with van der Waals surface area (Å²) < 4.78 is 0. The van der Waals surface area contributed by atoms with Crippen LogP contribution in [0.5, 0.6) is 0 Å². The predicted molar refractivity (Wildman–Crippen MR) is 146 cm³/mol. The summed E-state index contributed by atoms with van der Waals surface area (Å²) in [6.07, 6.45) is 4.57. The van der Waals surface area contributed by atoms with Crippen LogP contribution in [0.15, 0.2) is 78.9 Å². The Hall–Kier alpha value is -2.53. The topological polar surface area (TPSA) is 35.6 Å². The quantitative estimate of drug-likeness (QED) is 0.326. The maximum absolute atomic E-state index is 13.1. The molecule has 2 amide bonds. The number of carbonyl (C=O) groups is 1. The van der Waals surface area contributed by atoms with Gasteiger partial charge in [0.25, 0.3) is 0 Å². The highest BCUT2D eigenvalue weighted by atomic mass is 35.5. The Morgan fingerprint density at radius 3 is 2.31 bits per heavy atom. The molecular weight excluding hydrogens is 477 g/mol. The van der Waals surface area contributed by atoms with Gasteiger partial charge < -0.3 is 15.1 Å². The molecule has 1 heterocycles. The van der Waals surface area contributed by atoms with E-state index >= 15 is 0 Å². The molecular formula is C29H33Cl2N3O. The number of anilines is 1. The van der Waals surface area contributed by atoms with Crippen LogP contribution in [0.3, 0.4) is 0 Å². The monoisotopic (exact) mass is 509 g/mol. The largest absolute Gasteiger partial charge is 0.322 e. The van der Waals surface area contributed by atoms with Gasteiger partial charge in [0, 0.05) is 28.8 Å². The summed E-state index contributed by atoms with van der Waals surface area (Å²) in [4.78, 5) is 17.5. The number of nitrogens with zero attached hydrogens (tertiary/aromatic N) is 2. The third-order valence-corrected chi connectivity index (χ3v) is 7.11. The molecule has 4 rings (SSSR count). The smallest absolute Gasteiger partial charge is 0.320 e. The van der Waals surface area contributed by atoms with E-state index in [1.807, 2.05) is 41.3 Å². The Balaban J connectivity index is 1.28. The predicted octanol–water partition coefficient (Wildman–Crippen LogP) is 7.37. The van der Waals surface area contributed by atoms with E-state index in [1.165, 1.54) is 24.8 Å². The number of nitrogens with one attached hydrogen (secondary N) is 1. The minimum absolute atomic E-state index is 0.117. The molecule has 4 nitrogen and oxygen atoms in total. The summed E-state index contributed by atoms with van der Waals surface area (Å²) in [5.41, 5.74) is 3.19. The van der Waals surface area contributed by atoms with E-state index in [0.29, 0.717) is 23.1 Å². The molecule has 184 valence electrons. The fourth-order valence-corrected chi connectivity index (χ4v) is 5.03. The number of hydrogen-bond donors (Lipinski definition) is 1. The molecule has 1 aliphatic rings. The first-order valence-corrected chi connectivity index (χ1v) is 13.1. The zero-order valence-electron chi connectivity index (χ0n) is 20.0. The number of piperidine rings is 1. The van der Waals surface area contributed by atoms with E-state index in [0.717, 1.165) is 43.2 Å². The van der Waals surface area contributed by atoms with Gasteiger partial charge in [-0.2, -0.15) is 0 Å². The highest BCUT2D eigenvalue weighted by molar-refractivity contribution is 6.30. The molecule has 0 aliphatic carbocycles. The first-order chi connectivity index (χ1) is 17.0. The van der Waals surface area contributed by atoms with Crippen molar-refractivity contribution in [3.8, 4) is 0 Å². The van der Waals surface area contributed by atoms with Crippen molar-refractivity contribution in [3.05, 3.63) is 100 Å². The summed E-state index contributed by atoms with van der Waals surface area (Å²) in [5, 5.41) is 4.33. The first kappa shape index (κ1) is 25.6. The van der Waals surface area contributed by atoms with Crippen LogP contribution in [-0.2, 0) is 13.0 Å². The molecule has 6 heteroatoms. The van der Waals surface area contributed by atoms with Crippen LogP contribution in [-0.4, -0.2) is 42.0 Å². The number of halogens is 2. The van der Waals surface area contributed by atoms with E-state index in [-0.39, 0.29) is 6.03 Å². The third kappa shape index (κ3) is 8.28. The highest BCUT2D eigenvalue weighted by Gasteiger charge is 2.20. The second-order valence-corrected chi connectivity index (χ2v) is 10.2. The SMILES string of the molecule is O=C(Nc1ccc(Cl)cc1)N(CCCN1CCC(Cc2ccccc2)CC1)Cc1cccc(Cl)c1. The van der Waals surface area contributed by atoms with Crippen LogP contribution >= 0.6 is 23.2 Å². The van der Waals surface area contributed by atoms with Gasteiger partial charge >= 0.3 is 6.03 Å². The molecule has 1 saturated heterocycles. The molecule has 0 radical (unpaired) electrons. The van der Waals surface area contributed by atoms with Crippen molar-refractivity contribution < 1.29 is 4.79 Å². The molecule has 1 fully saturated rings. The Kier molecular flexibility index (Phi) is 9.47. The van der Waals surface area contributed by atoms with Crippen LogP contribution in [0, 0.1) is 5.92 Å². The second kappa shape index (κ2) is 13.0. The summed E-state index contributed by atoms with van der Waals surface area (Å²) in [6.45, 7) is 4.44. The van der Waals surface area contributed by atoms with Crippen molar-refractivity contribution >= 4 is 34.9 Å². The van der Waals surface area contributed by atoms with Gasteiger partial charge in [0.05, 0.1) is 0 Å². The highest BCUT2D eigenvalue weighted by Crippen LogP contribution is 2.22. The van der Waals surface area contributed by atoms with Crippen molar-refractivity contribution in [1.29, 1.82) is 0 Å². The van der Waals surface area contributed by atoms with Gasteiger partial charge in [-0.25, -0.2) is 4.79 Å². The van der Waals surface area contributed by atoms with Crippen LogP contribution in [0.25, 0.3) is 0 Å². The summed E-state index contributed by atoms with van der Waals surface area (Å²) in [6, 6.07) is 25.6. The van der Waals surface area contributed by atoms with Gasteiger partial charge in [-0.1, -0.05) is 65.7 Å². The summed E-state index contributed by atoms with van der Waals surface area (Å²) in [5.74, 6) is 0.762. The van der Waals surface area contributed by atoms with Crippen LogP contribution in [0.4, 0.5) is 10.5 Å². The van der Waals surface area contributed by atoms with Crippen LogP contribution < -0.4 is 5.32 Å². The maximum atomic E-state index is 13.1. The van der Waals surface area contributed by atoms with Gasteiger partial charge in [0.15, 0.2) is 0 Å².